The maximum Gasteiger partial charge on any atom is 0.358 e. The lowest BCUT2D eigenvalue weighted by Gasteiger charge is -2.01. The second-order valence-electron chi connectivity index (χ2n) is 3.20. The van der Waals surface area contributed by atoms with Crippen molar-refractivity contribution in [2.45, 2.75) is 0 Å². The third kappa shape index (κ3) is 1.82. The fourth-order valence-electron chi connectivity index (χ4n) is 1.40. The highest BCUT2D eigenvalue weighted by Gasteiger charge is 2.23. The molecular formula is C10H6F2N2O3. The molecule has 88 valence electrons. The first kappa shape index (κ1) is 11.1. The van der Waals surface area contributed by atoms with Crippen molar-refractivity contribution >= 4 is 11.9 Å². The molecular weight excluding hydrogens is 234 g/mol. The Bertz CT molecular complexity index is 595. The van der Waals surface area contributed by atoms with Crippen LogP contribution < -0.4 is 5.73 Å². The van der Waals surface area contributed by atoms with Crippen LogP contribution in [0, 0.1) is 11.6 Å². The van der Waals surface area contributed by atoms with Crippen LogP contribution in [0.25, 0.3) is 11.1 Å². The summed E-state index contributed by atoms with van der Waals surface area (Å²) in [5.74, 6) is -3.36. The highest BCUT2D eigenvalue weighted by atomic mass is 19.1. The van der Waals surface area contributed by atoms with E-state index in [-0.39, 0.29) is 17.0 Å². The Morgan fingerprint density at radius 3 is 2.76 bits per heavy atom. The zero-order valence-corrected chi connectivity index (χ0v) is 8.28. The van der Waals surface area contributed by atoms with Gasteiger partial charge in [0.25, 0.3) is 0 Å². The fraction of sp³-hybridized carbons (Fsp3) is 0. The topological polar surface area (TPSA) is 89.4 Å². The standard InChI is InChI=1S/C10H6F2N2O3/c11-4-1-2-6(12)5(3-4)7-8(10(15)16)14-17-9(7)13/h1-3H,13H2,(H,15,16). The monoisotopic (exact) mass is 240 g/mol. The molecule has 7 heteroatoms. The minimum atomic E-state index is -1.44. The number of rotatable bonds is 2. The van der Waals surface area contributed by atoms with E-state index in [1.807, 2.05) is 0 Å². The van der Waals surface area contributed by atoms with Gasteiger partial charge >= 0.3 is 5.97 Å². The SMILES string of the molecule is Nc1onc(C(=O)O)c1-c1cc(F)ccc1F. The predicted molar refractivity (Wildman–Crippen MR) is 53.2 cm³/mol. The normalized spacial score (nSPS) is 10.5. The maximum absolute atomic E-state index is 13.5. The molecule has 1 heterocycles. The lowest BCUT2D eigenvalue weighted by atomic mass is 10.0. The van der Waals surface area contributed by atoms with Crippen LogP contribution in [0.4, 0.5) is 14.7 Å². The van der Waals surface area contributed by atoms with Crippen molar-refractivity contribution in [3.8, 4) is 11.1 Å². The number of carboxylic acids is 1. The van der Waals surface area contributed by atoms with Crippen LogP contribution in [0.5, 0.6) is 0 Å². The summed E-state index contributed by atoms with van der Waals surface area (Å²) < 4.78 is 30.9. The van der Waals surface area contributed by atoms with Crippen LogP contribution in [0.3, 0.4) is 0 Å². The van der Waals surface area contributed by atoms with Crippen LogP contribution in [-0.4, -0.2) is 16.2 Å². The van der Waals surface area contributed by atoms with Crippen LogP contribution in [0.1, 0.15) is 10.5 Å². The van der Waals surface area contributed by atoms with E-state index in [0.717, 1.165) is 18.2 Å². The van der Waals surface area contributed by atoms with Crippen molar-refractivity contribution < 1.29 is 23.2 Å². The lowest BCUT2D eigenvalue weighted by molar-refractivity contribution is 0.0686. The van der Waals surface area contributed by atoms with Gasteiger partial charge in [-0.3, -0.25) is 0 Å². The first-order chi connectivity index (χ1) is 8.00. The van der Waals surface area contributed by atoms with E-state index in [9.17, 15) is 13.6 Å². The van der Waals surface area contributed by atoms with Gasteiger partial charge in [-0.25, -0.2) is 13.6 Å². The number of anilines is 1. The van der Waals surface area contributed by atoms with E-state index < -0.39 is 23.3 Å². The quantitative estimate of drug-likeness (QED) is 0.836. The predicted octanol–water partition coefficient (Wildman–Crippen LogP) is 1.90. The Morgan fingerprint density at radius 2 is 2.12 bits per heavy atom. The largest absolute Gasteiger partial charge is 0.476 e. The van der Waals surface area contributed by atoms with Gasteiger partial charge in [0.1, 0.15) is 11.6 Å². The number of nitrogens with zero attached hydrogens (tertiary/aromatic N) is 1. The number of benzene rings is 1. The Labute approximate surface area is 93.4 Å². The molecule has 0 saturated heterocycles. The molecule has 0 spiro atoms. The number of carbonyl (C=O) groups is 1. The van der Waals surface area contributed by atoms with E-state index in [1.54, 1.807) is 0 Å². The van der Waals surface area contributed by atoms with Crippen molar-refractivity contribution in [1.82, 2.24) is 5.16 Å². The summed E-state index contributed by atoms with van der Waals surface area (Å²) in [6.07, 6.45) is 0. The van der Waals surface area contributed by atoms with Crippen molar-refractivity contribution in [3.05, 3.63) is 35.5 Å². The zero-order valence-electron chi connectivity index (χ0n) is 8.28. The van der Waals surface area contributed by atoms with E-state index in [0.29, 0.717) is 0 Å². The lowest BCUT2D eigenvalue weighted by Crippen LogP contribution is -2.01. The second-order valence-corrected chi connectivity index (χ2v) is 3.20. The number of carboxylic acid groups (broad SMARTS) is 1. The van der Waals surface area contributed by atoms with Gasteiger partial charge in [0.15, 0.2) is 0 Å². The van der Waals surface area contributed by atoms with Gasteiger partial charge in [-0.15, -0.1) is 0 Å². The molecule has 2 aromatic rings. The third-order valence-electron chi connectivity index (χ3n) is 2.12. The molecule has 0 aliphatic rings. The van der Waals surface area contributed by atoms with Gasteiger partial charge in [0, 0.05) is 5.56 Å². The van der Waals surface area contributed by atoms with E-state index in [2.05, 4.69) is 9.68 Å². The van der Waals surface area contributed by atoms with Gasteiger partial charge in [0.05, 0.1) is 5.56 Å². The molecule has 0 aliphatic heterocycles. The van der Waals surface area contributed by atoms with Gasteiger partial charge in [-0.05, 0) is 18.2 Å². The Morgan fingerprint density at radius 1 is 1.41 bits per heavy atom. The van der Waals surface area contributed by atoms with Crippen molar-refractivity contribution in [1.29, 1.82) is 0 Å². The second kappa shape index (κ2) is 3.85. The molecule has 0 saturated carbocycles. The number of aromatic carboxylic acids is 1. The van der Waals surface area contributed by atoms with E-state index >= 15 is 0 Å². The molecule has 0 amide bonds. The van der Waals surface area contributed by atoms with Crippen molar-refractivity contribution in [2.75, 3.05) is 5.73 Å². The van der Waals surface area contributed by atoms with Crippen molar-refractivity contribution in [2.24, 2.45) is 0 Å². The average Bonchev–Trinajstić information content (AvgIpc) is 2.64. The smallest absolute Gasteiger partial charge is 0.358 e. The Hall–Kier alpha value is -2.44. The summed E-state index contributed by atoms with van der Waals surface area (Å²) in [6.45, 7) is 0. The number of hydrogen-bond acceptors (Lipinski definition) is 4. The number of hydrogen-bond donors (Lipinski definition) is 2. The van der Waals surface area contributed by atoms with Gasteiger partial charge in [-0.1, -0.05) is 5.16 Å². The number of aromatic nitrogens is 1. The van der Waals surface area contributed by atoms with Crippen molar-refractivity contribution in [3.63, 3.8) is 0 Å². The summed E-state index contributed by atoms with van der Waals surface area (Å²) in [5.41, 5.74) is 4.21. The van der Waals surface area contributed by atoms with Crippen LogP contribution in [0.2, 0.25) is 0 Å². The zero-order chi connectivity index (χ0) is 12.6. The molecule has 17 heavy (non-hydrogen) atoms. The number of nitrogen functional groups attached to an aromatic ring is 1. The fourth-order valence-corrected chi connectivity index (χ4v) is 1.40. The highest BCUT2D eigenvalue weighted by Crippen LogP contribution is 2.32. The maximum atomic E-state index is 13.5. The molecule has 0 unspecified atom stereocenters. The van der Waals surface area contributed by atoms with Crippen LogP contribution in [0.15, 0.2) is 22.7 Å². The summed E-state index contributed by atoms with van der Waals surface area (Å²) in [7, 11) is 0. The summed E-state index contributed by atoms with van der Waals surface area (Å²) in [5, 5.41) is 12.0. The molecule has 0 atom stereocenters. The molecule has 1 aromatic heterocycles. The first-order valence-corrected chi connectivity index (χ1v) is 4.44. The summed E-state index contributed by atoms with van der Waals surface area (Å²) in [6, 6.07) is 2.59. The Kier molecular flexibility index (Phi) is 2.51. The molecule has 0 fully saturated rings. The van der Waals surface area contributed by atoms with Gasteiger partial charge in [0.2, 0.25) is 11.6 Å². The molecule has 2 rings (SSSR count). The summed E-state index contributed by atoms with van der Waals surface area (Å²) in [4.78, 5) is 10.8. The van der Waals surface area contributed by atoms with E-state index in [4.69, 9.17) is 10.8 Å². The van der Waals surface area contributed by atoms with Gasteiger partial charge < -0.3 is 15.4 Å². The first-order valence-electron chi connectivity index (χ1n) is 4.44. The highest BCUT2D eigenvalue weighted by molar-refractivity contribution is 5.96. The van der Waals surface area contributed by atoms with Gasteiger partial charge in [-0.2, -0.15) is 0 Å². The number of nitrogens with two attached hydrogens (primary N) is 1. The molecule has 0 bridgehead atoms. The summed E-state index contributed by atoms with van der Waals surface area (Å²) >= 11 is 0. The van der Waals surface area contributed by atoms with Crippen LogP contribution >= 0.6 is 0 Å². The van der Waals surface area contributed by atoms with E-state index in [1.165, 1.54) is 0 Å². The molecule has 0 radical (unpaired) electrons. The average molecular weight is 240 g/mol. The molecule has 5 nitrogen and oxygen atoms in total. The third-order valence-corrected chi connectivity index (χ3v) is 2.12. The minimum Gasteiger partial charge on any atom is -0.476 e. The number of halogens is 2. The minimum absolute atomic E-state index is 0.269. The molecule has 0 aliphatic carbocycles. The molecule has 1 aromatic carbocycles. The molecule has 3 N–H and O–H groups in total. The van der Waals surface area contributed by atoms with Crippen LogP contribution in [-0.2, 0) is 0 Å². The Balaban J connectivity index is 2.71.